The van der Waals surface area contributed by atoms with Crippen molar-refractivity contribution < 1.29 is 14.3 Å². The van der Waals surface area contributed by atoms with Crippen LogP contribution in [0.3, 0.4) is 0 Å². The predicted molar refractivity (Wildman–Crippen MR) is 88.3 cm³/mol. The third-order valence-corrected chi connectivity index (χ3v) is 4.40. The third-order valence-electron chi connectivity index (χ3n) is 4.40. The molecule has 3 rings (SSSR count). The molecule has 2 heterocycles. The number of hydrogen-bond acceptors (Lipinski definition) is 4. The number of hydrogen-bond donors (Lipinski definition) is 1. The zero-order valence-electron chi connectivity index (χ0n) is 13.7. The average Bonchev–Trinajstić information content (AvgIpc) is 2.52. The van der Waals surface area contributed by atoms with Gasteiger partial charge in [0.05, 0.1) is 5.69 Å². The number of nitrogen functional groups attached to an aromatic ring is 1. The second-order valence-corrected chi connectivity index (χ2v) is 6.67. The van der Waals surface area contributed by atoms with E-state index in [1.807, 2.05) is 4.90 Å². The topological polar surface area (TPSA) is 75.9 Å². The number of fused-ring (bicyclic) bond motifs is 1. The summed E-state index contributed by atoms with van der Waals surface area (Å²) >= 11 is 0. The minimum atomic E-state index is -1.01. The highest BCUT2D eigenvalue weighted by Crippen LogP contribution is 2.38. The first-order valence-electron chi connectivity index (χ1n) is 8.07. The molecule has 0 unspecified atom stereocenters. The molecule has 124 valence electrons. The van der Waals surface area contributed by atoms with E-state index in [4.69, 9.17) is 10.5 Å². The number of piperidine rings is 1. The molecule has 0 aromatic heterocycles. The summed E-state index contributed by atoms with van der Waals surface area (Å²) in [5.41, 5.74) is 5.97. The Bertz CT molecular complexity index is 636. The Morgan fingerprint density at radius 2 is 1.96 bits per heavy atom. The molecule has 2 aliphatic rings. The van der Waals surface area contributed by atoms with Crippen LogP contribution in [-0.2, 0) is 9.59 Å². The van der Waals surface area contributed by atoms with Gasteiger partial charge in [-0.3, -0.25) is 14.5 Å². The van der Waals surface area contributed by atoms with Crippen molar-refractivity contribution >= 4 is 23.2 Å². The molecular weight excluding hydrogens is 294 g/mol. The second-order valence-electron chi connectivity index (χ2n) is 6.67. The molecule has 23 heavy (non-hydrogen) atoms. The Hall–Kier alpha value is -2.24. The minimum absolute atomic E-state index is 0.0153. The fourth-order valence-corrected chi connectivity index (χ4v) is 3.12. The highest BCUT2D eigenvalue weighted by Gasteiger charge is 2.42. The monoisotopic (exact) mass is 317 g/mol. The lowest BCUT2D eigenvalue weighted by molar-refractivity contribution is -0.137. The molecule has 1 fully saturated rings. The van der Waals surface area contributed by atoms with Gasteiger partial charge >= 0.3 is 0 Å². The lowest BCUT2D eigenvalue weighted by atomic mass is 10.0. The van der Waals surface area contributed by atoms with E-state index in [1.165, 1.54) is 4.90 Å². The molecular formula is C17H23N3O3. The molecule has 0 spiro atoms. The first kappa shape index (κ1) is 15.6. The molecule has 2 aliphatic heterocycles. The molecule has 0 aliphatic carbocycles. The molecule has 0 saturated carbocycles. The van der Waals surface area contributed by atoms with Gasteiger partial charge in [0.25, 0.3) is 5.91 Å². The molecule has 2 N–H and O–H groups in total. The van der Waals surface area contributed by atoms with Crippen LogP contribution in [0.2, 0.25) is 0 Å². The third kappa shape index (κ3) is 2.98. The number of anilines is 2. The molecule has 1 aromatic carbocycles. The van der Waals surface area contributed by atoms with E-state index in [1.54, 1.807) is 32.0 Å². The van der Waals surface area contributed by atoms with Gasteiger partial charge in [-0.15, -0.1) is 0 Å². The van der Waals surface area contributed by atoms with E-state index >= 15 is 0 Å². The van der Waals surface area contributed by atoms with Crippen LogP contribution in [0.5, 0.6) is 5.75 Å². The fourth-order valence-electron chi connectivity index (χ4n) is 3.12. The van der Waals surface area contributed by atoms with Crippen molar-refractivity contribution in [1.29, 1.82) is 0 Å². The summed E-state index contributed by atoms with van der Waals surface area (Å²) in [6.07, 6.45) is 3.22. The van der Waals surface area contributed by atoms with Gasteiger partial charge in [0.2, 0.25) is 5.91 Å². The molecule has 0 radical (unpaired) electrons. The number of nitrogens with two attached hydrogens (primary N) is 1. The first-order chi connectivity index (χ1) is 10.9. The number of benzene rings is 1. The van der Waals surface area contributed by atoms with Crippen molar-refractivity contribution in [2.45, 2.75) is 38.7 Å². The number of nitrogens with zero attached hydrogens (tertiary/aromatic N) is 2. The number of carbonyl (C=O) groups excluding carboxylic acids is 2. The van der Waals surface area contributed by atoms with Crippen molar-refractivity contribution in [3.8, 4) is 5.75 Å². The molecule has 1 aromatic rings. The highest BCUT2D eigenvalue weighted by molar-refractivity contribution is 6.05. The van der Waals surface area contributed by atoms with E-state index in [-0.39, 0.29) is 18.4 Å². The maximum atomic E-state index is 12.7. The largest absolute Gasteiger partial charge is 0.476 e. The van der Waals surface area contributed by atoms with E-state index in [2.05, 4.69) is 0 Å². The zero-order valence-corrected chi connectivity index (χ0v) is 13.7. The number of carbonyl (C=O) groups is 2. The van der Waals surface area contributed by atoms with Crippen LogP contribution in [0.4, 0.5) is 11.4 Å². The number of amides is 2. The summed E-state index contributed by atoms with van der Waals surface area (Å²) in [6.45, 7) is 5.01. The van der Waals surface area contributed by atoms with Gasteiger partial charge in [-0.05, 0) is 45.2 Å². The summed E-state index contributed by atoms with van der Waals surface area (Å²) in [5.74, 6) is 0.319. The van der Waals surface area contributed by atoms with Gasteiger partial charge < -0.3 is 15.4 Å². The summed E-state index contributed by atoms with van der Waals surface area (Å²) in [7, 11) is 0. The smallest absolute Gasteiger partial charge is 0.271 e. The average molecular weight is 317 g/mol. The van der Waals surface area contributed by atoms with E-state index in [9.17, 15) is 9.59 Å². The van der Waals surface area contributed by atoms with Gasteiger partial charge in [-0.25, -0.2) is 0 Å². The van der Waals surface area contributed by atoms with Crippen LogP contribution < -0.4 is 15.4 Å². The summed E-state index contributed by atoms with van der Waals surface area (Å²) in [6, 6.07) is 5.15. The molecule has 0 bridgehead atoms. The van der Waals surface area contributed by atoms with Crippen molar-refractivity contribution in [2.75, 3.05) is 30.3 Å². The standard InChI is InChI=1S/C17H23N3O3/c1-17(2)16(22)20(11-15(21)19-8-4-3-5-9-19)13-7-6-12(18)10-14(13)23-17/h6-7,10H,3-5,8-9,11,18H2,1-2H3. The van der Waals surface area contributed by atoms with Crippen LogP contribution in [-0.4, -0.2) is 41.9 Å². The maximum Gasteiger partial charge on any atom is 0.271 e. The van der Waals surface area contributed by atoms with E-state index in [0.717, 1.165) is 32.4 Å². The Balaban J connectivity index is 1.87. The predicted octanol–water partition coefficient (Wildman–Crippen LogP) is 1.79. The Labute approximate surface area is 136 Å². The quantitative estimate of drug-likeness (QED) is 0.844. The number of likely N-dealkylation sites (tertiary alicyclic amines) is 1. The SMILES string of the molecule is CC1(C)Oc2cc(N)ccc2N(CC(=O)N2CCCCC2)C1=O. The maximum absolute atomic E-state index is 12.7. The molecule has 6 nitrogen and oxygen atoms in total. The molecule has 1 saturated heterocycles. The van der Waals surface area contributed by atoms with Crippen LogP contribution in [0.15, 0.2) is 18.2 Å². The number of rotatable bonds is 2. The van der Waals surface area contributed by atoms with Gasteiger partial charge in [0.1, 0.15) is 12.3 Å². The first-order valence-corrected chi connectivity index (χ1v) is 8.07. The lowest BCUT2D eigenvalue weighted by Gasteiger charge is -2.39. The van der Waals surface area contributed by atoms with Crippen molar-refractivity contribution in [3.05, 3.63) is 18.2 Å². The van der Waals surface area contributed by atoms with Crippen LogP contribution in [0.25, 0.3) is 0 Å². The Morgan fingerprint density at radius 3 is 2.65 bits per heavy atom. The second kappa shape index (κ2) is 5.76. The summed E-state index contributed by atoms with van der Waals surface area (Å²) in [5, 5.41) is 0. The summed E-state index contributed by atoms with van der Waals surface area (Å²) in [4.78, 5) is 28.6. The Kier molecular flexibility index (Phi) is 3.92. The number of ether oxygens (including phenoxy) is 1. The van der Waals surface area contributed by atoms with Crippen LogP contribution in [0.1, 0.15) is 33.1 Å². The minimum Gasteiger partial charge on any atom is -0.476 e. The fraction of sp³-hybridized carbons (Fsp3) is 0.529. The summed E-state index contributed by atoms with van der Waals surface area (Å²) < 4.78 is 5.77. The normalized spacial score (nSPS) is 20.0. The van der Waals surface area contributed by atoms with Crippen molar-refractivity contribution in [2.24, 2.45) is 0 Å². The van der Waals surface area contributed by atoms with Gasteiger partial charge in [0, 0.05) is 24.8 Å². The van der Waals surface area contributed by atoms with Gasteiger partial charge in [-0.2, -0.15) is 0 Å². The molecule has 6 heteroatoms. The van der Waals surface area contributed by atoms with Gasteiger partial charge in [-0.1, -0.05) is 0 Å². The molecule has 0 atom stereocenters. The van der Waals surface area contributed by atoms with Crippen LogP contribution >= 0.6 is 0 Å². The highest BCUT2D eigenvalue weighted by atomic mass is 16.5. The zero-order chi connectivity index (χ0) is 16.6. The van der Waals surface area contributed by atoms with E-state index in [0.29, 0.717) is 17.1 Å². The molecule has 2 amide bonds. The Morgan fingerprint density at radius 1 is 1.26 bits per heavy atom. The lowest BCUT2D eigenvalue weighted by Crippen LogP contribution is -2.55. The van der Waals surface area contributed by atoms with E-state index < -0.39 is 5.60 Å². The van der Waals surface area contributed by atoms with Gasteiger partial charge in [0.15, 0.2) is 5.60 Å². The van der Waals surface area contributed by atoms with Crippen LogP contribution in [0, 0.1) is 0 Å². The van der Waals surface area contributed by atoms with Crippen molar-refractivity contribution in [1.82, 2.24) is 4.90 Å². The van der Waals surface area contributed by atoms with Crippen molar-refractivity contribution in [3.63, 3.8) is 0 Å².